The fraction of sp³-hybridized carbons (Fsp3) is 0.471. The van der Waals surface area contributed by atoms with Crippen molar-refractivity contribution in [2.24, 2.45) is 11.8 Å². The summed E-state index contributed by atoms with van der Waals surface area (Å²) >= 11 is 0. The predicted octanol–water partition coefficient (Wildman–Crippen LogP) is 3.07. The Balaban J connectivity index is 1.96. The molecule has 1 aliphatic rings. The molecule has 0 amide bonds. The fourth-order valence-corrected chi connectivity index (χ4v) is 3.76. The van der Waals surface area contributed by atoms with E-state index in [9.17, 15) is 0 Å². The number of hydrogen-bond acceptors (Lipinski definition) is 4. The first-order valence-corrected chi connectivity index (χ1v) is 7.99. The number of para-hydroxylation sites is 2. The molecule has 5 heteroatoms. The third kappa shape index (κ3) is 2.03. The summed E-state index contributed by atoms with van der Waals surface area (Å²) in [6.07, 6.45) is 1.28. The van der Waals surface area contributed by atoms with Crippen LogP contribution < -0.4 is 4.90 Å². The van der Waals surface area contributed by atoms with Crippen LogP contribution in [0.4, 0.5) is 5.82 Å². The Morgan fingerprint density at radius 2 is 1.77 bits per heavy atom. The summed E-state index contributed by atoms with van der Waals surface area (Å²) in [5.41, 5.74) is 2.94. The molecule has 114 valence electrons. The number of anilines is 1. The fourth-order valence-electron chi connectivity index (χ4n) is 3.76. The second-order valence-corrected chi connectivity index (χ2v) is 6.68. The van der Waals surface area contributed by atoms with Crippen molar-refractivity contribution in [2.75, 3.05) is 18.0 Å². The molecule has 4 rings (SSSR count). The average Bonchev–Trinajstić information content (AvgIpc) is 2.88. The molecule has 2 atom stereocenters. The van der Waals surface area contributed by atoms with Gasteiger partial charge in [0.1, 0.15) is 5.82 Å². The van der Waals surface area contributed by atoms with Crippen molar-refractivity contribution in [1.82, 2.24) is 19.6 Å². The lowest BCUT2D eigenvalue weighted by Gasteiger charge is -2.35. The van der Waals surface area contributed by atoms with Gasteiger partial charge in [-0.05, 0) is 37.3 Å². The summed E-state index contributed by atoms with van der Waals surface area (Å²) in [5, 5.41) is 8.69. The first-order chi connectivity index (χ1) is 10.6. The Bertz CT molecular complexity index is 828. The van der Waals surface area contributed by atoms with Crippen LogP contribution in [0.1, 0.15) is 26.1 Å². The molecule has 0 aliphatic carbocycles. The lowest BCUT2D eigenvalue weighted by molar-refractivity contribution is 0.356. The molecule has 0 radical (unpaired) electrons. The number of hydrogen-bond donors (Lipinski definition) is 0. The molecule has 1 aliphatic heterocycles. The second-order valence-electron chi connectivity index (χ2n) is 6.68. The van der Waals surface area contributed by atoms with Crippen LogP contribution in [0.3, 0.4) is 0 Å². The van der Waals surface area contributed by atoms with Crippen molar-refractivity contribution in [3.8, 4) is 0 Å². The maximum atomic E-state index is 4.91. The number of nitrogens with zero attached hydrogens (tertiary/aromatic N) is 5. The van der Waals surface area contributed by atoms with Gasteiger partial charge in [0.2, 0.25) is 5.65 Å². The van der Waals surface area contributed by atoms with Crippen LogP contribution in [0.25, 0.3) is 16.7 Å². The van der Waals surface area contributed by atoms with Crippen molar-refractivity contribution >= 4 is 22.5 Å². The molecule has 3 aromatic rings. The minimum Gasteiger partial charge on any atom is -0.353 e. The zero-order valence-electron chi connectivity index (χ0n) is 13.3. The number of aromatic nitrogens is 4. The van der Waals surface area contributed by atoms with Crippen LogP contribution in [0.15, 0.2) is 24.3 Å². The highest BCUT2D eigenvalue weighted by atomic mass is 15.3. The van der Waals surface area contributed by atoms with Gasteiger partial charge in [0.05, 0.1) is 11.0 Å². The molecule has 0 saturated carbocycles. The molecule has 0 N–H and O–H groups in total. The predicted molar refractivity (Wildman–Crippen MR) is 88.2 cm³/mol. The highest BCUT2D eigenvalue weighted by Crippen LogP contribution is 2.29. The highest BCUT2D eigenvalue weighted by molar-refractivity contribution is 5.83. The van der Waals surface area contributed by atoms with Crippen molar-refractivity contribution in [1.29, 1.82) is 0 Å². The first kappa shape index (κ1) is 13.5. The molecule has 5 nitrogen and oxygen atoms in total. The molecule has 1 fully saturated rings. The van der Waals surface area contributed by atoms with Gasteiger partial charge in [0.25, 0.3) is 0 Å². The van der Waals surface area contributed by atoms with Gasteiger partial charge in [-0.3, -0.25) is 4.40 Å². The molecular formula is C17H21N5. The zero-order chi connectivity index (χ0) is 15.3. The van der Waals surface area contributed by atoms with Gasteiger partial charge in [-0.15, -0.1) is 10.2 Å². The van der Waals surface area contributed by atoms with Crippen LogP contribution >= 0.6 is 0 Å². The number of aryl methyl sites for hydroxylation is 1. The smallest absolute Gasteiger partial charge is 0.204 e. The van der Waals surface area contributed by atoms with E-state index in [4.69, 9.17) is 4.98 Å². The van der Waals surface area contributed by atoms with Gasteiger partial charge >= 0.3 is 0 Å². The summed E-state index contributed by atoms with van der Waals surface area (Å²) in [6.45, 7) is 8.71. The topological polar surface area (TPSA) is 46.3 Å². The molecule has 2 aromatic heterocycles. The monoisotopic (exact) mass is 295 g/mol. The SMILES string of the molecule is Cc1nnc2c(N3C[C@@H](C)C[C@H](C)C3)nc3ccccc3n12. The Kier molecular flexibility index (Phi) is 3.03. The van der Waals surface area contributed by atoms with Crippen molar-refractivity contribution < 1.29 is 0 Å². The van der Waals surface area contributed by atoms with E-state index in [1.807, 2.05) is 19.1 Å². The molecule has 0 unspecified atom stereocenters. The molecular weight excluding hydrogens is 274 g/mol. The zero-order valence-corrected chi connectivity index (χ0v) is 13.3. The second kappa shape index (κ2) is 4.93. The molecule has 1 aromatic carbocycles. The first-order valence-electron chi connectivity index (χ1n) is 7.99. The van der Waals surface area contributed by atoms with Crippen LogP contribution in [-0.4, -0.2) is 32.7 Å². The highest BCUT2D eigenvalue weighted by Gasteiger charge is 2.26. The van der Waals surface area contributed by atoms with E-state index in [2.05, 4.69) is 45.5 Å². The summed E-state index contributed by atoms with van der Waals surface area (Å²) < 4.78 is 2.13. The summed E-state index contributed by atoms with van der Waals surface area (Å²) in [5.74, 6) is 3.24. The maximum Gasteiger partial charge on any atom is 0.204 e. The van der Waals surface area contributed by atoms with Gasteiger partial charge in [0.15, 0.2) is 5.82 Å². The van der Waals surface area contributed by atoms with Crippen LogP contribution in [0.2, 0.25) is 0 Å². The van der Waals surface area contributed by atoms with Gasteiger partial charge in [-0.25, -0.2) is 4.98 Å². The van der Waals surface area contributed by atoms with Gasteiger partial charge in [0, 0.05) is 13.1 Å². The summed E-state index contributed by atoms with van der Waals surface area (Å²) in [6, 6.07) is 8.21. The van der Waals surface area contributed by atoms with Gasteiger partial charge in [-0.2, -0.15) is 0 Å². The number of piperidine rings is 1. The normalized spacial score (nSPS) is 22.6. The van der Waals surface area contributed by atoms with E-state index in [1.54, 1.807) is 0 Å². The van der Waals surface area contributed by atoms with Gasteiger partial charge < -0.3 is 4.90 Å². The number of rotatable bonds is 1. The van der Waals surface area contributed by atoms with E-state index < -0.39 is 0 Å². The third-order valence-corrected chi connectivity index (χ3v) is 4.54. The lowest BCUT2D eigenvalue weighted by atomic mass is 9.92. The largest absolute Gasteiger partial charge is 0.353 e. The Morgan fingerprint density at radius 1 is 1.05 bits per heavy atom. The lowest BCUT2D eigenvalue weighted by Crippen LogP contribution is -2.39. The van der Waals surface area contributed by atoms with Crippen LogP contribution in [0.5, 0.6) is 0 Å². The third-order valence-electron chi connectivity index (χ3n) is 4.54. The standard InChI is InChI=1S/C17H21N5/c1-11-8-12(2)10-21(9-11)16-17-20-19-13(3)22(17)15-7-5-4-6-14(15)18-16/h4-7,11-12H,8-10H2,1-3H3/t11-,12-/m0/s1. The van der Waals surface area contributed by atoms with Crippen molar-refractivity contribution in [3.05, 3.63) is 30.1 Å². The van der Waals surface area contributed by atoms with Crippen molar-refractivity contribution in [3.63, 3.8) is 0 Å². The van der Waals surface area contributed by atoms with E-state index in [-0.39, 0.29) is 0 Å². The molecule has 1 saturated heterocycles. The summed E-state index contributed by atoms with van der Waals surface area (Å²) in [7, 11) is 0. The molecule has 3 heterocycles. The maximum absolute atomic E-state index is 4.91. The Labute approximate surface area is 130 Å². The number of benzene rings is 1. The van der Waals surface area contributed by atoms with E-state index in [0.29, 0.717) is 11.8 Å². The molecule has 0 bridgehead atoms. The minimum absolute atomic E-state index is 0.682. The molecule has 22 heavy (non-hydrogen) atoms. The Morgan fingerprint density at radius 3 is 2.55 bits per heavy atom. The summed E-state index contributed by atoms with van der Waals surface area (Å²) in [4.78, 5) is 7.30. The average molecular weight is 295 g/mol. The van der Waals surface area contributed by atoms with Crippen LogP contribution in [0, 0.1) is 18.8 Å². The van der Waals surface area contributed by atoms with Crippen molar-refractivity contribution in [2.45, 2.75) is 27.2 Å². The van der Waals surface area contributed by atoms with E-state index in [0.717, 1.165) is 41.4 Å². The molecule has 0 spiro atoms. The van der Waals surface area contributed by atoms with Gasteiger partial charge in [-0.1, -0.05) is 26.0 Å². The Hall–Kier alpha value is -2.17. The van der Waals surface area contributed by atoms with Crippen LogP contribution in [-0.2, 0) is 0 Å². The quantitative estimate of drug-likeness (QED) is 0.692. The minimum atomic E-state index is 0.682. The number of fused-ring (bicyclic) bond motifs is 3. The van der Waals surface area contributed by atoms with E-state index >= 15 is 0 Å². The van der Waals surface area contributed by atoms with E-state index in [1.165, 1.54) is 6.42 Å².